The lowest BCUT2D eigenvalue weighted by atomic mass is 10.1. The molecule has 100 valence electrons. The normalized spacial score (nSPS) is 10.5. The van der Waals surface area contributed by atoms with Crippen LogP contribution in [-0.4, -0.2) is 6.54 Å². The molecule has 3 heteroatoms. The fourth-order valence-electron chi connectivity index (χ4n) is 2.19. The van der Waals surface area contributed by atoms with Crippen LogP contribution in [0.4, 0.5) is 11.4 Å². The minimum Gasteiger partial charge on any atom is -0.340 e. The van der Waals surface area contributed by atoms with E-state index >= 15 is 0 Å². The average molecular weight is 294 g/mol. The van der Waals surface area contributed by atoms with Crippen LogP contribution >= 0.6 is 23.2 Å². The highest BCUT2D eigenvalue weighted by atomic mass is 35.5. The number of aryl methyl sites for hydroxylation is 1. The summed E-state index contributed by atoms with van der Waals surface area (Å²) in [7, 11) is 0. The molecule has 0 aliphatic rings. The number of hydrogen-bond donors (Lipinski definition) is 0. The maximum absolute atomic E-state index is 6.38. The number of alkyl halides is 1. The van der Waals surface area contributed by atoms with Gasteiger partial charge in [0.2, 0.25) is 0 Å². The monoisotopic (exact) mass is 293 g/mol. The van der Waals surface area contributed by atoms with E-state index in [0.717, 1.165) is 22.8 Å². The molecule has 0 fully saturated rings. The van der Waals surface area contributed by atoms with Gasteiger partial charge in [0.05, 0.1) is 10.7 Å². The molecule has 0 heterocycles. The number of halogens is 2. The van der Waals surface area contributed by atoms with E-state index in [-0.39, 0.29) is 0 Å². The van der Waals surface area contributed by atoms with Gasteiger partial charge in [0.1, 0.15) is 0 Å². The van der Waals surface area contributed by atoms with E-state index in [1.807, 2.05) is 30.3 Å². The van der Waals surface area contributed by atoms with Gasteiger partial charge in [-0.15, -0.1) is 11.6 Å². The molecule has 1 nitrogen and oxygen atoms in total. The van der Waals surface area contributed by atoms with Gasteiger partial charge in [0, 0.05) is 18.1 Å². The third-order valence-corrected chi connectivity index (χ3v) is 3.79. The van der Waals surface area contributed by atoms with Gasteiger partial charge in [-0.05, 0) is 43.2 Å². The predicted molar refractivity (Wildman–Crippen MR) is 84.9 cm³/mol. The summed E-state index contributed by atoms with van der Waals surface area (Å²) in [4.78, 5) is 2.22. The molecule has 2 rings (SSSR count). The maximum atomic E-state index is 6.38. The Hall–Kier alpha value is -1.18. The number of anilines is 2. The van der Waals surface area contributed by atoms with E-state index in [2.05, 4.69) is 30.9 Å². The van der Waals surface area contributed by atoms with Crippen molar-refractivity contribution in [3.05, 3.63) is 58.6 Å². The minimum absolute atomic E-state index is 0.483. The summed E-state index contributed by atoms with van der Waals surface area (Å²) < 4.78 is 0. The summed E-state index contributed by atoms with van der Waals surface area (Å²) in [6, 6.07) is 14.3. The van der Waals surface area contributed by atoms with Gasteiger partial charge in [-0.2, -0.15) is 0 Å². The second kappa shape index (κ2) is 6.31. The zero-order chi connectivity index (χ0) is 13.8. The van der Waals surface area contributed by atoms with Crippen LogP contribution in [0.1, 0.15) is 18.1 Å². The van der Waals surface area contributed by atoms with Gasteiger partial charge < -0.3 is 4.90 Å². The SMILES string of the molecule is CCN(c1ccccc1C)c1ccc(CCl)cc1Cl. The summed E-state index contributed by atoms with van der Waals surface area (Å²) in [5.74, 6) is 0.483. The molecule has 2 aromatic rings. The molecular formula is C16H17Cl2N. The van der Waals surface area contributed by atoms with Crippen LogP contribution in [0.3, 0.4) is 0 Å². The zero-order valence-electron chi connectivity index (χ0n) is 11.2. The van der Waals surface area contributed by atoms with Gasteiger partial charge in [0.25, 0.3) is 0 Å². The largest absolute Gasteiger partial charge is 0.340 e. The maximum Gasteiger partial charge on any atom is 0.0646 e. The molecule has 0 spiro atoms. The van der Waals surface area contributed by atoms with E-state index < -0.39 is 0 Å². The Balaban J connectivity index is 2.46. The average Bonchev–Trinajstić information content (AvgIpc) is 2.43. The van der Waals surface area contributed by atoms with Crippen LogP contribution in [0.15, 0.2) is 42.5 Å². The third kappa shape index (κ3) is 3.05. The van der Waals surface area contributed by atoms with Gasteiger partial charge in [-0.25, -0.2) is 0 Å². The molecule has 0 bridgehead atoms. The molecule has 0 aromatic heterocycles. The van der Waals surface area contributed by atoms with Crippen LogP contribution < -0.4 is 4.90 Å². The summed E-state index contributed by atoms with van der Waals surface area (Å²) in [6.07, 6.45) is 0. The molecule has 0 radical (unpaired) electrons. The molecule has 2 aromatic carbocycles. The highest BCUT2D eigenvalue weighted by molar-refractivity contribution is 6.33. The molecule has 0 aliphatic heterocycles. The first-order valence-electron chi connectivity index (χ1n) is 6.35. The summed E-state index contributed by atoms with van der Waals surface area (Å²) in [6.45, 7) is 5.10. The smallest absolute Gasteiger partial charge is 0.0646 e. The number of rotatable bonds is 4. The Bertz CT molecular complexity index is 566. The Morgan fingerprint density at radius 2 is 1.79 bits per heavy atom. The summed E-state index contributed by atoms with van der Waals surface area (Å²) >= 11 is 12.2. The number of para-hydroxylation sites is 1. The highest BCUT2D eigenvalue weighted by Gasteiger charge is 2.12. The Labute approximate surface area is 124 Å². The van der Waals surface area contributed by atoms with Gasteiger partial charge in [-0.1, -0.05) is 35.9 Å². The first-order valence-corrected chi connectivity index (χ1v) is 7.26. The second-order valence-corrected chi connectivity index (χ2v) is 5.12. The molecule has 0 aliphatic carbocycles. The number of benzene rings is 2. The first-order chi connectivity index (χ1) is 9.17. The van der Waals surface area contributed by atoms with Crippen molar-refractivity contribution in [2.75, 3.05) is 11.4 Å². The van der Waals surface area contributed by atoms with Crippen molar-refractivity contribution in [1.29, 1.82) is 0 Å². The topological polar surface area (TPSA) is 3.24 Å². The van der Waals surface area contributed by atoms with Crippen LogP contribution in [0.25, 0.3) is 0 Å². The van der Waals surface area contributed by atoms with E-state index in [9.17, 15) is 0 Å². The van der Waals surface area contributed by atoms with Crippen molar-refractivity contribution in [2.45, 2.75) is 19.7 Å². The second-order valence-electron chi connectivity index (χ2n) is 4.45. The first kappa shape index (κ1) is 14.2. The number of hydrogen-bond acceptors (Lipinski definition) is 1. The van der Waals surface area contributed by atoms with Crippen molar-refractivity contribution in [2.24, 2.45) is 0 Å². The highest BCUT2D eigenvalue weighted by Crippen LogP contribution is 2.34. The molecule has 0 saturated carbocycles. The van der Waals surface area contributed by atoms with Crippen molar-refractivity contribution in [3.8, 4) is 0 Å². The quantitative estimate of drug-likeness (QED) is 0.669. The zero-order valence-corrected chi connectivity index (χ0v) is 12.7. The molecule has 0 amide bonds. The van der Waals surface area contributed by atoms with Crippen molar-refractivity contribution >= 4 is 34.6 Å². The van der Waals surface area contributed by atoms with E-state index in [0.29, 0.717) is 5.88 Å². The molecule has 0 N–H and O–H groups in total. The van der Waals surface area contributed by atoms with Crippen LogP contribution in [0.2, 0.25) is 5.02 Å². The fourth-order valence-corrected chi connectivity index (χ4v) is 2.66. The van der Waals surface area contributed by atoms with Crippen LogP contribution in [0.5, 0.6) is 0 Å². The Morgan fingerprint density at radius 3 is 2.37 bits per heavy atom. The van der Waals surface area contributed by atoms with E-state index in [1.54, 1.807) is 0 Å². The molecule has 0 unspecified atom stereocenters. The van der Waals surface area contributed by atoms with Gasteiger partial charge in [0.15, 0.2) is 0 Å². The Kier molecular flexibility index (Phi) is 4.73. The minimum atomic E-state index is 0.483. The fraction of sp³-hybridized carbons (Fsp3) is 0.250. The number of nitrogens with zero attached hydrogens (tertiary/aromatic N) is 1. The van der Waals surface area contributed by atoms with Gasteiger partial charge in [-0.3, -0.25) is 0 Å². The standard InChI is InChI=1S/C16H17Cl2N/c1-3-19(15-7-5-4-6-12(15)2)16-9-8-13(11-17)10-14(16)18/h4-10H,3,11H2,1-2H3. The molecule has 0 atom stereocenters. The summed E-state index contributed by atoms with van der Waals surface area (Å²) in [5, 5.41) is 0.739. The van der Waals surface area contributed by atoms with Crippen molar-refractivity contribution in [1.82, 2.24) is 0 Å². The van der Waals surface area contributed by atoms with Crippen LogP contribution in [0, 0.1) is 6.92 Å². The molecule has 19 heavy (non-hydrogen) atoms. The predicted octanol–water partition coefficient (Wildman–Crippen LogP) is 5.55. The van der Waals surface area contributed by atoms with E-state index in [1.165, 1.54) is 11.3 Å². The van der Waals surface area contributed by atoms with Gasteiger partial charge >= 0.3 is 0 Å². The van der Waals surface area contributed by atoms with Crippen molar-refractivity contribution in [3.63, 3.8) is 0 Å². The Morgan fingerprint density at radius 1 is 1.05 bits per heavy atom. The van der Waals surface area contributed by atoms with E-state index in [4.69, 9.17) is 23.2 Å². The van der Waals surface area contributed by atoms with Crippen molar-refractivity contribution < 1.29 is 0 Å². The molecular weight excluding hydrogens is 277 g/mol. The molecule has 0 saturated heterocycles. The summed E-state index contributed by atoms with van der Waals surface area (Å²) in [5.41, 5.74) is 4.48. The van der Waals surface area contributed by atoms with Crippen LogP contribution in [-0.2, 0) is 5.88 Å². The lowest BCUT2D eigenvalue weighted by molar-refractivity contribution is 1.01. The lowest BCUT2D eigenvalue weighted by Gasteiger charge is -2.26. The third-order valence-electron chi connectivity index (χ3n) is 3.18. The lowest BCUT2D eigenvalue weighted by Crippen LogP contribution is -2.17.